The number of ketones is 1. The van der Waals surface area contributed by atoms with Crippen LogP contribution in [0, 0.1) is 6.92 Å². The molecule has 104 valence electrons. The number of hydrogen-bond donors (Lipinski definition) is 1. The van der Waals surface area contributed by atoms with Gasteiger partial charge in [-0.2, -0.15) is 0 Å². The van der Waals surface area contributed by atoms with Crippen molar-refractivity contribution in [1.82, 2.24) is 0 Å². The Morgan fingerprint density at radius 1 is 1.26 bits per heavy atom. The predicted octanol–water partition coefficient (Wildman–Crippen LogP) is 2.76. The Labute approximate surface area is 113 Å². The number of hydrogen-bond acceptors (Lipinski definition) is 3. The van der Waals surface area contributed by atoms with Crippen molar-refractivity contribution < 1.29 is 19.4 Å². The Morgan fingerprint density at radius 2 is 2.00 bits per heavy atom. The van der Waals surface area contributed by atoms with Crippen LogP contribution in [0.25, 0.3) is 0 Å². The summed E-state index contributed by atoms with van der Waals surface area (Å²) >= 11 is 0. The Hall–Kier alpha value is -1.84. The smallest absolute Gasteiger partial charge is 0.303 e. The van der Waals surface area contributed by atoms with Gasteiger partial charge in [0.2, 0.25) is 0 Å². The van der Waals surface area contributed by atoms with E-state index in [2.05, 4.69) is 0 Å². The molecule has 0 radical (unpaired) electrons. The molecule has 0 fully saturated rings. The summed E-state index contributed by atoms with van der Waals surface area (Å²) in [6.45, 7) is 3.98. The summed E-state index contributed by atoms with van der Waals surface area (Å²) in [6, 6.07) is 5.68. The number of benzene rings is 1. The SMILES string of the molecule is CC(=O)CCCOc1cccc(C)c1CCC(=O)O. The van der Waals surface area contributed by atoms with Gasteiger partial charge in [-0.15, -0.1) is 0 Å². The molecule has 0 amide bonds. The first kappa shape index (κ1) is 15.2. The molecule has 1 aromatic rings. The van der Waals surface area contributed by atoms with Crippen LogP contribution in [-0.2, 0) is 16.0 Å². The zero-order valence-electron chi connectivity index (χ0n) is 11.4. The summed E-state index contributed by atoms with van der Waals surface area (Å²) in [5.41, 5.74) is 1.97. The fourth-order valence-electron chi connectivity index (χ4n) is 1.87. The first-order valence-corrected chi connectivity index (χ1v) is 6.43. The van der Waals surface area contributed by atoms with Crippen LogP contribution in [0.1, 0.15) is 37.3 Å². The molecule has 0 aliphatic heterocycles. The maximum absolute atomic E-state index is 10.8. The number of carboxylic acid groups (broad SMARTS) is 1. The van der Waals surface area contributed by atoms with Gasteiger partial charge in [-0.3, -0.25) is 4.79 Å². The largest absolute Gasteiger partial charge is 0.493 e. The first-order valence-electron chi connectivity index (χ1n) is 6.43. The summed E-state index contributed by atoms with van der Waals surface area (Å²) in [5.74, 6) is 0.0644. The molecule has 1 rings (SSSR count). The van der Waals surface area contributed by atoms with Crippen molar-refractivity contribution in [3.63, 3.8) is 0 Å². The van der Waals surface area contributed by atoms with E-state index in [0.29, 0.717) is 25.9 Å². The van der Waals surface area contributed by atoms with Crippen molar-refractivity contribution in [2.24, 2.45) is 0 Å². The summed E-state index contributed by atoms with van der Waals surface area (Å²) in [5, 5.41) is 8.75. The van der Waals surface area contributed by atoms with E-state index < -0.39 is 5.97 Å². The highest BCUT2D eigenvalue weighted by atomic mass is 16.5. The fraction of sp³-hybridized carbons (Fsp3) is 0.467. The van der Waals surface area contributed by atoms with Crippen LogP contribution in [0.15, 0.2) is 18.2 Å². The maximum Gasteiger partial charge on any atom is 0.303 e. The van der Waals surface area contributed by atoms with Crippen LogP contribution >= 0.6 is 0 Å². The minimum Gasteiger partial charge on any atom is -0.493 e. The van der Waals surface area contributed by atoms with Crippen LogP contribution in [-0.4, -0.2) is 23.5 Å². The zero-order valence-corrected chi connectivity index (χ0v) is 11.4. The van der Waals surface area contributed by atoms with E-state index in [1.54, 1.807) is 6.92 Å². The van der Waals surface area contributed by atoms with Gasteiger partial charge in [0.15, 0.2) is 0 Å². The number of carbonyl (C=O) groups excluding carboxylic acids is 1. The minimum absolute atomic E-state index is 0.0919. The van der Waals surface area contributed by atoms with Crippen molar-refractivity contribution in [2.75, 3.05) is 6.61 Å². The van der Waals surface area contributed by atoms with Gasteiger partial charge in [0.1, 0.15) is 11.5 Å². The number of Topliss-reactive ketones (excluding diaryl/α,β-unsaturated/α-hetero) is 1. The van der Waals surface area contributed by atoms with E-state index in [1.165, 1.54) is 0 Å². The van der Waals surface area contributed by atoms with Gasteiger partial charge in [0, 0.05) is 12.8 Å². The molecule has 0 unspecified atom stereocenters. The van der Waals surface area contributed by atoms with Crippen LogP contribution in [0.5, 0.6) is 5.75 Å². The summed E-state index contributed by atoms with van der Waals surface area (Å²) in [6.07, 6.45) is 1.75. The van der Waals surface area contributed by atoms with Crippen molar-refractivity contribution >= 4 is 11.8 Å². The van der Waals surface area contributed by atoms with Crippen molar-refractivity contribution in [3.05, 3.63) is 29.3 Å². The molecule has 0 aliphatic carbocycles. The van der Waals surface area contributed by atoms with Crippen molar-refractivity contribution in [2.45, 2.75) is 39.5 Å². The molecule has 1 N–H and O–H groups in total. The topological polar surface area (TPSA) is 63.6 Å². The van der Waals surface area contributed by atoms with E-state index in [1.807, 2.05) is 25.1 Å². The van der Waals surface area contributed by atoms with Crippen LogP contribution in [0.4, 0.5) is 0 Å². The average molecular weight is 264 g/mol. The van der Waals surface area contributed by atoms with Gasteiger partial charge in [-0.25, -0.2) is 0 Å². The Kier molecular flexibility index (Phi) is 6.06. The van der Waals surface area contributed by atoms with Gasteiger partial charge in [-0.1, -0.05) is 12.1 Å². The predicted molar refractivity (Wildman–Crippen MR) is 72.5 cm³/mol. The number of carboxylic acids is 1. The van der Waals surface area contributed by atoms with Crippen molar-refractivity contribution in [3.8, 4) is 5.75 Å². The van der Waals surface area contributed by atoms with Crippen molar-refractivity contribution in [1.29, 1.82) is 0 Å². The standard InChI is InChI=1S/C15H20O4/c1-11-5-3-7-14(13(11)8-9-15(17)18)19-10-4-6-12(2)16/h3,5,7H,4,6,8-10H2,1-2H3,(H,17,18). The molecular weight excluding hydrogens is 244 g/mol. The third-order valence-electron chi connectivity index (χ3n) is 2.89. The quantitative estimate of drug-likeness (QED) is 0.733. The van der Waals surface area contributed by atoms with E-state index in [4.69, 9.17) is 9.84 Å². The second kappa shape index (κ2) is 7.56. The van der Waals surface area contributed by atoms with Crippen LogP contribution in [0.3, 0.4) is 0 Å². The average Bonchev–Trinajstić information content (AvgIpc) is 2.33. The number of carbonyl (C=O) groups is 2. The van der Waals surface area contributed by atoms with E-state index in [-0.39, 0.29) is 12.2 Å². The molecule has 0 spiro atoms. The molecule has 0 atom stereocenters. The zero-order chi connectivity index (χ0) is 14.3. The Bertz CT molecular complexity index is 451. The molecule has 0 bridgehead atoms. The number of rotatable bonds is 8. The molecule has 0 aromatic heterocycles. The van der Waals surface area contributed by atoms with E-state index in [9.17, 15) is 9.59 Å². The molecule has 4 nitrogen and oxygen atoms in total. The molecular formula is C15H20O4. The third kappa shape index (κ3) is 5.55. The highest BCUT2D eigenvalue weighted by molar-refractivity contribution is 5.75. The van der Waals surface area contributed by atoms with E-state index >= 15 is 0 Å². The number of aryl methyl sites for hydroxylation is 1. The molecule has 1 aromatic carbocycles. The summed E-state index contributed by atoms with van der Waals surface area (Å²) in [4.78, 5) is 21.5. The molecule has 0 saturated carbocycles. The summed E-state index contributed by atoms with van der Waals surface area (Å²) < 4.78 is 5.66. The van der Waals surface area contributed by atoms with Gasteiger partial charge in [-0.05, 0) is 43.9 Å². The molecule has 4 heteroatoms. The van der Waals surface area contributed by atoms with E-state index in [0.717, 1.165) is 16.9 Å². The van der Waals surface area contributed by atoms with Gasteiger partial charge >= 0.3 is 5.97 Å². The maximum atomic E-state index is 10.8. The third-order valence-corrected chi connectivity index (χ3v) is 2.89. The normalized spacial score (nSPS) is 10.2. The lowest BCUT2D eigenvalue weighted by atomic mass is 10.0. The second-order valence-electron chi connectivity index (χ2n) is 4.60. The monoisotopic (exact) mass is 264 g/mol. The second-order valence-corrected chi connectivity index (χ2v) is 4.60. The van der Waals surface area contributed by atoms with Gasteiger partial charge in [0.25, 0.3) is 0 Å². The van der Waals surface area contributed by atoms with Crippen LogP contribution in [0.2, 0.25) is 0 Å². The minimum atomic E-state index is -0.814. The fourth-order valence-corrected chi connectivity index (χ4v) is 1.87. The lowest BCUT2D eigenvalue weighted by Crippen LogP contribution is -2.05. The highest BCUT2D eigenvalue weighted by Gasteiger charge is 2.09. The molecule has 0 aliphatic rings. The lowest BCUT2D eigenvalue weighted by Gasteiger charge is -2.13. The van der Waals surface area contributed by atoms with Gasteiger partial charge < -0.3 is 14.6 Å². The molecule has 0 heterocycles. The highest BCUT2D eigenvalue weighted by Crippen LogP contribution is 2.23. The first-order chi connectivity index (χ1) is 9.00. The molecule has 19 heavy (non-hydrogen) atoms. The Balaban J connectivity index is 2.63. The Morgan fingerprint density at radius 3 is 2.63 bits per heavy atom. The lowest BCUT2D eigenvalue weighted by molar-refractivity contribution is -0.137. The molecule has 0 saturated heterocycles. The summed E-state index contributed by atoms with van der Waals surface area (Å²) in [7, 11) is 0. The number of ether oxygens (including phenoxy) is 1. The number of aliphatic carboxylic acids is 1. The van der Waals surface area contributed by atoms with Gasteiger partial charge in [0.05, 0.1) is 6.61 Å². The van der Waals surface area contributed by atoms with Crippen LogP contribution < -0.4 is 4.74 Å².